The first-order chi connectivity index (χ1) is 5.85. The van der Waals surface area contributed by atoms with Gasteiger partial charge in [0.05, 0.1) is 18.7 Å². The van der Waals surface area contributed by atoms with Crippen molar-refractivity contribution in [2.24, 2.45) is 5.73 Å². The van der Waals surface area contributed by atoms with Gasteiger partial charge in [0.25, 0.3) is 0 Å². The van der Waals surface area contributed by atoms with Gasteiger partial charge in [0.15, 0.2) is 0 Å². The van der Waals surface area contributed by atoms with Crippen molar-refractivity contribution in [3.63, 3.8) is 0 Å². The second-order valence-electron chi connectivity index (χ2n) is 2.88. The van der Waals surface area contributed by atoms with Crippen molar-refractivity contribution in [2.75, 3.05) is 20.1 Å². The molecule has 2 N–H and O–H groups in total. The maximum atomic E-state index is 11.8. The van der Waals surface area contributed by atoms with E-state index in [9.17, 15) is 13.2 Å². The average molecular weight is 195 g/mol. The van der Waals surface area contributed by atoms with E-state index < -0.39 is 18.8 Å². The van der Waals surface area contributed by atoms with Crippen LogP contribution in [0.5, 0.6) is 0 Å². The molecule has 0 saturated heterocycles. The van der Waals surface area contributed by atoms with Crippen LogP contribution in [-0.4, -0.2) is 37.3 Å². The Hall–Kier alpha value is -0.800. The van der Waals surface area contributed by atoms with Crippen LogP contribution < -0.4 is 5.73 Å². The summed E-state index contributed by atoms with van der Waals surface area (Å²) in [5.74, 6) is 0. The van der Waals surface area contributed by atoms with Gasteiger partial charge >= 0.3 is 6.18 Å². The summed E-state index contributed by atoms with van der Waals surface area (Å²) in [6.45, 7) is -0.792. The third-order valence-corrected chi connectivity index (χ3v) is 1.44. The molecule has 0 aliphatic heterocycles. The predicted molar refractivity (Wildman–Crippen MR) is 41.8 cm³/mol. The number of nitriles is 1. The SMILES string of the molecule is CN(CCC(N)C#N)CC(F)(F)F. The van der Waals surface area contributed by atoms with Gasteiger partial charge in [-0.25, -0.2) is 0 Å². The summed E-state index contributed by atoms with van der Waals surface area (Å²) in [6.07, 6.45) is -3.94. The molecule has 3 nitrogen and oxygen atoms in total. The first-order valence-corrected chi connectivity index (χ1v) is 3.75. The van der Waals surface area contributed by atoms with Gasteiger partial charge in [0, 0.05) is 6.54 Å². The highest BCUT2D eigenvalue weighted by atomic mass is 19.4. The Bertz CT molecular complexity index is 184. The molecule has 0 aliphatic rings. The van der Waals surface area contributed by atoms with E-state index in [0.29, 0.717) is 0 Å². The van der Waals surface area contributed by atoms with Crippen LogP contribution in [-0.2, 0) is 0 Å². The van der Waals surface area contributed by atoms with Gasteiger partial charge < -0.3 is 5.73 Å². The van der Waals surface area contributed by atoms with E-state index >= 15 is 0 Å². The van der Waals surface area contributed by atoms with E-state index in [0.717, 1.165) is 4.90 Å². The highest BCUT2D eigenvalue weighted by Gasteiger charge is 2.28. The molecule has 0 aromatic heterocycles. The molecule has 0 saturated carbocycles. The van der Waals surface area contributed by atoms with E-state index in [1.165, 1.54) is 7.05 Å². The van der Waals surface area contributed by atoms with Crippen LogP contribution in [0.15, 0.2) is 0 Å². The second kappa shape index (κ2) is 5.04. The minimum atomic E-state index is -4.19. The lowest BCUT2D eigenvalue weighted by Crippen LogP contribution is -2.34. The number of nitrogens with zero attached hydrogens (tertiary/aromatic N) is 2. The molecule has 0 radical (unpaired) electrons. The van der Waals surface area contributed by atoms with Gasteiger partial charge in [0.1, 0.15) is 0 Å². The van der Waals surface area contributed by atoms with E-state index in [-0.39, 0.29) is 13.0 Å². The lowest BCUT2D eigenvalue weighted by atomic mass is 10.2. The number of rotatable bonds is 4. The Balaban J connectivity index is 3.65. The number of hydrogen-bond donors (Lipinski definition) is 1. The molecule has 0 aliphatic carbocycles. The monoisotopic (exact) mass is 195 g/mol. The van der Waals surface area contributed by atoms with Gasteiger partial charge in [-0.3, -0.25) is 4.90 Å². The van der Waals surface area contributed by atoms with E-state index in [1.807, 2.05) is 0 Å². The number of alkyl halides is 3. The van der Waals surface area contributed by atoms with Crippen molar-refractivity contribution in [2.45, 2.75) is 18.6 Å². The Kier molecular flexibility index (Phi) is 4.73. The number of hydrogen-bond acceptors (Lipinski definition) is 3. The molecular weight excluding hydrogens is 183 g/mol. The zero-order valence-electron chi connectivity index (χ0n) is 7.30. The molecule has 0 bridgehead atoms. The zero-order valence-corrected chi connectivity index (χ0v) is 7.30. The van der Waals surface area contributed by atoms with Crippen LogP contribution in [0.3, 0.4) is 0 Å². The standard InChI is InChI=1S/C7H12F3N3/c1-13(5-7(8,9)10)3-2-6(12)4-11/h6H,2-3,5,12H2,1H3. The Morgan fingerprint density at radius 2 is 2.08 bits per heavy atom. The maximum absolute atomic E-state index is 11.8. The number of halogens is 3. The van der Waals surface area contributed by atoms with Gasteiger partial charge in [-0.2, -0.15) is 18.4 Å². The minimum absolute atomic E-state index is 0.175. The zero-order chi connectivity index (χ0) is 10.5. The Labute approximate surface area is 74.9 Å². The first kappa shape index (κ1) is 12.2. The molecule has 1 atom stereocenters. The second-order valence-corrected chi connectivity index (χ2v) is 2.88. The Morgan fingerprint density at radius 3 is 2.46 bits per heavy atom. The lowest BCUT2D eigenvalue weighted by Gasteiger charge is -2.18. The summed E-state index contributed by atoms with van der Waals surface area (Å²) < 4.78 is 35.3. The fraction of sp³-hybridized carbons (Fsp3) is 0.857. The largest absolute Gasteiger partial charge is 0.401 e. The molecule has 0 aromatic rings. The fourth-order valence-electron chi connectivity index (χ4n) is 0.809. The molecule has 0 heterocycles. The predicted octanol–water partition coefficient (Wildman–Crippen LogP) is 0.721. The summed E-state index contributed by atoms with van der Waals surface area (Å²) in [5, 5.41) is 8.26. The normalized spacial score (nSPS) is 14.2. The average Bonchev–Trinajstić information content (AvgIpc) is 1.97. The summed E-state index contributed by atoms with van der Waals surface area (Å²) in [6, 6.07) is 1.07. The van der Waals surface area contributed by atoms with Gasteiger partial charge in [-0.1, -0.05) is 0 Å². The first-order valence-electron chi connectivity index (χ1n) is 3.75. The van der Waals surface area contributed by atoms with Crippen molar-refractivity contribution in [1.82, 2.24) is 4.90 Å². The lowest BCUT2D eigenvalue weighted by molar-refractivity contribution is -0.143. The molecule has 6 heteroatoms. The van der Waals surface area contributed by atoms with Crippen molar-refractivity contribution in [3.8, 4) is 6.07 Å². The van der Waals surface area contributed by atoms with Crippen LogP contribution >= 0.6 is 0 Å². The maximum Gasteiger partial charge on any atom is 0.401 e. The number of nitrogens with two attached hydrogens (primary N) is 1. The van der Waals surface area contributed by atoms with Crippen LogP contribution in [0.1, 0.15) is 6.42 Å². The summed E-state index contributed by atoms with van der Waals surface area (Å²) in [5.41, 5.74) is 5.22. The van der Waals surface area contributed by atoms with Crippen molar-refractivity contribution >= 4 is 0 Å². The molecule has 0 amide bonds. The van der Waals surface area contributed by atoms with Crippen molar-refractivity contribution < 1.29 is 13.2 Å². The molecule has 0 fully saturated rings. The molecule has 1 unspecified atom stereocenters. The van der Waals surface area contributed by atoms with Crippen molar-refractivity contribution in [1.29, 1.82) is 5.26 Å². The smallest absolute Gasteiger partial charge is 0.316 e. The van der Waals surface area contributed by atoms with Gasteiger partial charge in [0.2, 0.25) is 0 Å². The molecule has 76 valence electrons. The van der Waals surface area contributed by atoms with Gasteiger partial charge in [-0.05, 0) is 13.5 Å². The van der Waals surface area contributed by atoms with Gasteiger partial charge in [-0.15, -0.1) is 0 Å². The summed E-state index contributed by atoms with van der Waals surface area (Å²) in [4.78, 5) is 1.09. The quantitative estimate of drug-likeness (QED) is 0.719. The third kappa shape index (κ3) is 7.56. The van der Waals surface area contributed by atoms with E-state index in [1.54, 1.807) is 6.07 Å². The van der Waals surface area contributed by atoms with Crippen LogP contribution in [0, 0.1) is 11.3 Å². The molecule has 13 heavy (non-hydrogen) atoms. The highest BCUT2D eigenvalue weighted by Crippen LogP contribution is 2.15. The third-order valence-electron chi connectivity index (χ3n) is 1.44. The molecule has 0 rings (SSSR count). The minimum Gasteiger partial charge on any atom is -0.316 e. The fourth-order valence-corrected chi connectivity index (χ4v) is 0.809. The van der Waals surface area contributed by atoms with Crippen LogP contribution in [0.4, 0.5) is 13.2 Å². The summed E-state index contributed by atoms with van der Waals surface area (Å²) >= 11 is 0. The highest BCUT2D eigenvalue weighted by molar-refractivity contribution is 4.86. The van der Waals surface area contributed by atoms with Crippen molar-refractivity contribution in [3.05, 3.63) is 0 Å². The topological polar surface area (TPSA) is 53.0 Å². The Morgan fingerprint density at radius 1 is 1.54 bits per heavy atom. The van der Waals surface area contributed by atoms with E-state index in [4.69, 9.17) is 11.0 Å². The van der Waals surface area contributed by atoms with E-state index in [2.05, 4.69) is 0 Å². The summed E-state index contributed by atoms with van der Waals surface area (Å²) in [7, 11) is 1.34. The molecule has 0 aromatic carbocycles. The molecule has 0 spiro atoms. The van der Waals surface area contributed by atoms with Crippen LogP contribution in [0.25, 0.3) is 0 Å². The van der Waals surface area contributed by atoms with Crippen LogP contribution in [0.2, 0.25) is 0 Å². The molecular formula is C7H12F3N3.